The van der Waals surface area contributed by atoms with Crippen molar-refractivity contribution in [3.05, 3.63) is 97.2 Å². The highest BCUT2D eigenvalue weighted by atomic mass is 35.5. The molecule has 3 heterocycles. The van der Waals surface area contributed by atoms with Gasteiger partial charge in [0.15, 0.2) is 10.1 Å². The highest BCUT2D eigenvalue weighted by molar-refractivity contribution is 8.00. The quantitative estimate of drug-likeness (QED) is 0.137. The smallest absolute Gasteiger partial charge is 0.296 e. The molecule has 1 unspecified atom stereocenters. The number of rotatable bonds is 8. The van der Waals surface area contributed by atoms with E-state index in [1.54, 1.807) is 6.92 Å². The lowest BCUT2D eigenvalue weighted by Crippen LogP contribution is -2.31. The molecule has 1 atom stereocenters. The number of amides is 1. The van der Waals surface area contributed by atoms with Gasteiger partial charge in [-0.1, -0.05) is 84.1 Å². The Kier molecular flexibility index (Phi) is 7.67. The maximum absolute atomic E-state index is 13.7. The van der Waals surface area contributed by atoms with E-state index < -0.39 is 23.5 Å². The molecule has 38 heavy (non-hydrogen) atoms. The first kappa shape index (κ1) is 26.6. The minimum Gasteiger partial charge on any atom is -0.503 e. The lowest BCUT2D eigenvalue weighted by Gasteiger charge is -2.24. The van der Waals surface area contributed by atoms with Crippen LogP contribution in [-0.2, 0) is 17.0 Å². The number of halogens is 1. The summed E-state index contributed by atoms with van der Waals surface area (Å²) < 4.78 is 0.640. The third-order valence-electron chi connectivity index (χ3n) is 6.18. The molecule has 1 aliphatic rings. The molecule has 2 aromatic carbocycles. The number of anilines is 1. The number of carbonyl (C=O) groups excluding carboxylic acids is 2. The van der Waals surface area contributed by atoms with Gasteiger partial charge in [0.25, 0.3) is 5.91 Å². The highest BCUT2D eigenvalue weighted by Gasteiger charge is 2.46. The summed E-state index contributed by atoms with van der Waals surface area (Å²) in [7, 11) is 0. The van der Waals surface area contributed by atoms with E-state index in [9.17, 15) is 14.7 Å². The first-order chi connectivity index (χ1) is 18.3. The minimum absolute atomic E-state index is 0.0199. The zero-order chi connectivity index (χ0) is 27.0. The zero-order valence-corrected chi connectivity index (χ0v) is 24.0. The number of carbonyl (C=O) groups is 2. The lowest BCUT2D eigenvalue weighted by atomic mass is 9.94. The van der Waals surface area contributed by atoms with Gasteiger partial charge in [0.1, 0.15) is 0 Å². The maximum Gasteiger partial charge on any atom is 0.296 e. The van der Waals surface area contributed by atoms with E-state index >= 15 is 0 Å². The van der Waals surface area contributed by atoms with Crippen LogP contribution in [0.2, 0.25) is 5.02 Å². The molecule has 11 heteroatoms. The van der Waals surface area contributed by atoms with E-state index in [1.807, 2.05) is 55.5 Å². The molecule has 1 N–H and O–H groups in total. The summed E-state index contributed by atoms with van der Waals surface area (Å²) in [6.07, 6.45) is 0.849. The molecule has 1 amide bonds. The van der Waals surface area contributed by atoms with Crippen LogP contribution in [0.15, 0.2) is 64.2 Å². The summed E-state index contributed by atoms with van der Waals surface area (Å²) >= 11 is 10.2. The summed E-state index contributed by atoms with van der Waals surface area (Å²) in [5.41, 5.74) is 3.37. The van der Waals surface area contributed by atoms with Crippen LogP contribution in [0.25, 0.3) is 0 Å². The first-order valence-corrected chi connectivity index (χ1v) is 14.8. The van der Waals surface area contributed by atoms with Crippen molar-refractivity contribution in [1.29, 1.82) is 0 Å². The molecule has 0 spiro atoms. The maximum atomic E-state index is 13.7. The van der Waals surface area contributed by atoms with Gasteiger partial charge in [0.05, 0.1) is 27.2 Å². The minimum atomic E-state index is -0.850. The van der Waals surface area contributed by atoms with E-state index in [2.05, 4.69) is 22.1 Å². The van der Waals surface area contributed by atoms with E-state index in [0.29, 0.717) is 36.4 Å². The van der Waals surface area contributed by atoms with Crippen molar-refractivity contribution in [1.82, 2.24) is 15.2 Å². The van der Waals surface area contributed by atoms with E-state index in [-0.39, 0.29) is 5.57 Å². The standard InChI is InChI=1S/C27H23ClN4O3S3/c1-4-16-9-11-17(12-10-16)21-20(22(33)24-14(2)29-15(3)37-24)23(34)25(35)32(21)26-30-31-27(38-26)36-13-18-7-5-6-8-19(18)28/h5-12,21,34H,4,13H2,1-3H3. The molecule has 0 aliphatic carbocycles. The summed E-state index contributed by atoms with van der Waals surface area (Å²) in [4.78, 5) is 33.3. The molecule has 5 rings (SSSR count). The Bertz CT molecular complexity index is 1560. The number of hydrogen-bond acceptors (Lipinski definition) is 9. The van der Waals surface area contributed by atoms with Gasteiger partial charge in [-0.05, 0) is 43.0 Å². The fourth-order valence-electron chi connectivity index (χ4n) is 4.26. The second-order valence-corrected chi connectivity index (χ2v) is 12.4. The van der Waals surface area contributed by atoms with Crippen LogP contribution in [0.4, 0.5) is 5.13 Å². The monoisotopic (exact) mass is 582 g/mol. The average Bonchev–Trinajstić information content (AvgIpc) is 3.59. The largest absolute Gasteiger partial charge is 0.503 e. The number of aliphatic hydroxyl groups excluding tert-OH is 1. The third-order valence-corrected chi connectivity index (χ3v) is 9.72. The lowest BCUT2D eigenvalue weighted by molar-refractivity contribution is -0.117. The van der Waals surface area contributed by atoms with Crippen molar-refractivity contribution in [2.24, 2.45) is 0 Å². The molecular formula is C27H23ClN4O3S3. The second-order valence-electron chi connectivity index (χ2n) is 8.64. The van der Waals surface area contributed by atoms with Gasteiger partial charge < -0.3 is 5.11 Å². The van der Waals surface area contributed by atoms with Crippen molar-refractivity contribution in [3.8, 4) is 0 Å². The van der Waals surface area contributed by atoms with Gasteiger partial charge in [0, 0.05) is 10.8 Å². The molecule has 4 aromatic rings. The number of benzene rings is 2. The predicted octanol–water partition coefficient (Wildman–Crippen LogP) is 6.90. The topological polar surface area (TPSA) is 96.3 Å². The fraction of sp³-hybridized carbons (Fsp3) is 0.222. The van der Waals surface area contributed by atoms with Gasteiger partial charge in [-0.3, -0.25) is 14.5 Å². The summed E-state index contributed by atoms with van der Waals surface area (Å²) in [5, 5.41) is 21.3. The Morgan fingerprint density at radius 3 is 2.50 bits per heavy atom. The molecule has 0 saturated carbocycles. The predicted molar refractivity (Wildman–Crippen MR) is 153 cm³/mol. The highest BCUT2D eigenvalue weighted by Crippen LogP contribution is 2.44. The van der Waals surface area contributed by atoms with Gasteiger partial charge in [0.2, 0.25) is 10.9 Å². The second kappa shape index (κ2) is 11.0. The van der Waals surface area contributed by atoms with Crippen LogP contribution < -0.4 is 4.90 Å². The number of aryl methyl sites for hydroxylation is 3. The van der Waals surface area contributed by atoms with Crippen LogP contribution in [0.5, 0.6) is 0 Å². The van der Waals surface area contributed by atoms with Crippen molar-refractivity contribution in [2.45, 2.75) is 43.3 Å². The fourth-order valence-corrected chi connectivity index (χ4v) is 7.29. The van der Waals surface area contributed by atoms with Crippen LogP contribution in [0.1, 0.15) is 50.0 Å². The summed E-state index contributed by atoms with van der Waals surface area (Å²) in [6, 6.07) is 14.4. The molecule has 0 fully saturated rings. The molecular weight excluding hydrogens is 560 g/mol. The number of ketones is 1. The van der Waals surface area contributed by atoms with Crippen LogP contribution in [0.3, 0.4) is 0 Å². The molecule has 0 bridgehead atoms. The van der Waals surface area contributed by atoms with Crippen molar-refractivity contribution in [2.75, 3.05) is 4.90 Å². The number of thioether (sulfide) groups is 1. The number of nitrogens with zero attached hydrogens (tertiary/aromatic N) is 4. The molecule has 0 radical (unpaired) electrons. The van der Waals surface area contributed by atoms with Crippen molar-refractivity contribution in [3.63, 3.8) is 0 Å². The molecule has 1 aliphatic heterocycles. The van der Waals surface area contributed by atoms with Crippen molar-refractivity contribution >= 4 is 62.9 Å². The molecule has 2 aromatic heterocycles. The molecule has 7 nitrogen and oxygen atoms in total. The third kappa shape index (κ3) is 5.01. The Morgan fingerprint density at radius 2 is 1.84 bits per heavy atom. The number of hydrogen-bond donors (Lipinski definition) is 1. The Balaban J connectivity index is 1.52. The number of thiazole rings is 1. The number of Topliss-reactive ketones (excluding diaryl/α,β-unsaturated/α-hetero) is 1. The summed E-state index contributed by atoms with van der Waals surface area (Å²) in [6.45, 7) is 5.62. The van der Waals surface area contributed by atoms with Crippen LogP contribution >= 0.6 is 46.0 Å². The normalized spacial score (nSPS) is 15.5. The van der Waals surface area contributed by atoms with Crippen molar-refractivity contribution < 1.29 is 14.7 Å². The average molecular weight is 583 g/mol. The van der Waals surface area contributed by atoms with Crippen LogP contribution in [0, 0.1) is 13.8 Å². The van der Waals surface area contributed by atoms with Gasteiger partial charge >= 0.3 is 0 Å². The Morgan fingerprint density at radius 1 is 1.11 bits per heavy atom. The number of aromatic nitrogens is 3. The van der Waals surface area contributed by atoms with E-state index in [1.165, 1.54) is 39.3 Å². The van der Waals surface area contributed by atoms with E-state index in [4.69, 9.17) is 11.6 Å². The Labute approximate surface area is 237 Å². The first-order valence-electron chi connectivity index (χ1n) is 11.8. The zero-order valence-electron chi connectivity index (χ0n) is 20.8. The van der Waals surface area contributed by atoms with Gasteiger partial charge in [-0.25, -0.2) is 4.98 Å². The number of aliphatic hydroxyl groups is 1. The Hall–Kier alpha value is -3.05. The SMILES string of the molecule is CCc1ccc(C2C(C(=O)c3sc(C)nc3C)=C(O)C(=O)N2c2nnc(SCc3ccccc3Cl)s2)cc1. The summed E-state index contributed by atoms with van der Waals surface area (Å²) in [5.74, 6) is -1.09. The molecule has 0 saturated heterocycles. The van der Waals surface area contributed by atoms with Crippen LogP contribution in [-0.4, -0.2) is 32.0 Å². The molecule has 194 valence electrons. The van der Waals surface area contributed by atoms with Gasteiger partial charge in [-0.15, -0.1) is 21.5 Å². The van der Waals surface area contributed by atoms with Gasteiger partial charge in [-0.2, -0.15) is 0 Å². The van der Waals surface area contributed by atoms with E-state index in [0.717, 1.165) is 22.6 Å².